The van der Waals surface area contributed by atoms with Crippen molar-refractivity contribution in [1.29, 1.82) is 0 Å². The molecule has 0 bridgehead atoms. The van der Waals surface area contributed by atoms with Gasteiger partial charge in [-0.25, -0.2) is 0 Å². The van der Waals surface area contributed by atoms with Crippen molar-refractivity contribution in [3.05, 3.63) is 0 Å². The van der Waals surface area contributed by atoms with Gasteiger partial charge in [0.15, 0.2) is 0 Å². The fourth-order valence-corrected chi connectivity index (χ4v) is 2.82. The molecule has 0 spiro atoms. The van der Waals surface area contributed by atoms with Crippen LogP contribution in [0.25, 0.3) is 0 Å². The van der Waals surface area contributed by atoms with E-state index in [1.165, 1.54) is 5.75 Å². The molecule has 1 aliphatic heterocycles. The average molecular weight is 219 g/mol. The highest BCUT2D eigenvalue weighted by Crippen LogP contribution is 2.30. The molecule has 1 rings (SSSR count). The number of aliphatic hydroxyl groups excluding tert-OH is 1. The third-order valence-corrected chi connectivity index (χ3v) is 4.08. The lowest BCUT2D eigenvalue weighted by atomic mass is 9.99. The molecule has 3 atom stereocenters. The van der Waals surface area contributed by atoms with E-state index in [9.17, 15) is 5.11 Å². The van der Waals surface area contributed by atoms with E-state index in [0.717, 1.165) is 18.6 Å². The minimum absolute atomic E-state index is 0.128. The highest BCUT2D eigenvalue weighted by Gasteiger charge is 2.34. The summed E-state index contributed by atoms with van der Waals surface area (Å²) < 4.78 is 5.89. The Labute approximate surface area is 90.4 Å². The summed E-state index contributed by atoms with van der Waals surface area (Å²) in [6, 6.07) is 0. The lowest BCUT2D eigenvalue weighted by Crippen LogP contribution is -2.49. The molecule has 3 N–H and O–H groups in total. The van der Waals surface area contributed by atoms with E-state index in [1.54, 1.807) is 6.92 Å². The second kappa shape index (κ2) is 5.35. The Morgan fingerprint density at radius 2 is 2.29 bits per heavy atom. The Morgan fingerprint density at radius 1 is 1.57 bits per heavy atom. The van der Waals surface area contributed by atoms with Crippen LogP contribution in [-0.4, -0.2) is 41.0 Å². The van der Waals surface area contributed by atoms with Gasteiger partial charge in [0, 0.05) is 12.3 Å². The van der Waals surface area contributed by atoms with E-state index in [0.29, 0.717) is 6.54 Å². The van der Waals surface area contributed by atoms with E-state index in [-0.39, 0.29) is 11.7 Å². The molecular formula is C10H21NO2S. The quantitative estimate of drug-likeness (QED) is 0.740. The molecule has 3 unspecified atom stereocenters. The predicted molar refractivity (Wildman–Crippen MR) is 60.6 cm³/mol. The normalized spacial score (nSPS) is 32.6. The summed E-state index contributed by atoms with van der Waals surface area (Å²) in [4.78, 5) is 0. The van der Waals surface area contributed by atoms with Crippen LogP contribution in [0.15, 0.2) is 0 Å². The first-order valence-electron chi connectivity index (χ1n) is 5.23. The van der Waals surface area contributed by atoms with Gasteiger partial charge in [-0.15, -0.1) is 0 Å². The van der Waals surface area contributed by atoms with Crippen LogP contribution < -0.4 is 5.73 Å². The molecule has 0 aromatic carbocycles. The molecule has 1 aliphatic rings. The number of thioether (sulfide) groups is 1. The van der Waals surface area contributed by atoms with Crippen molar-refractivity contribution in [2.45, 2.75) is 44.5 Å². The van der Waals surface area contributed by atoms with Crippen molar-refractivity contribution in [2.24, 2.45) is 5.73 Å². The lowest BCUT2D eigenvalue weighted by Gasteiger charge is -2.38. The first-order chi connectivity index (χ1) is 6.59. The average Bonchev–Trinajstić information content (AvgIpc) is 2.19. The number of hydrogen-bond donors (Lipinski definition) is 2. The first-order valence-corrected chi connectivity index (χ1v) is 6.39. The van der Waals surface area contributed by atoms with Crippen molar-refractivity contribution in [1.82, 2.24) is 0 Å². The summed E-state index contributed by atoms with van der Waals surface area (Å²) in [6.45, 7) is 4.21. The van der Waals surface area contributed by atoms with Crippen molar-refractivity contribution in [3.8, 4) is 0 Å². The number of ether oxygens (including phenoxy) is 1. The summed E-state index contributed by atoms with van der Waals surface area (Å²) >= 11 is 1.89. The van der Waals surface area contributed by atoms with Gasteiger partial charge in [0.25, 0.3) is 0 Å². The molecule has 14 heavy (non-hydrogen) atoms. The minimum atomic E-state index is -0.426. The van der Waals surface area contributed by atoms with Gasteiger partial charge in [-0.2, -0.15) is 11.8 Å². The van der Waals surface area contributed by atoms with Crippen LogP contribution in [0.1, 0.15) is 26.7 Å². The van der Waals surface area contributed by atoms with Crippen LogP contribution in [0.2, 0.25) is 0 Å². The molecule has 0 radical (unpaired) electrons. The summed E-state index contributed by atoms with van der Waals surface area (Å²) in [7, 11) is 0. The van der Waals surface area contributed by atoms with Gasteiger partial charge in [0.2, 0.25) is 0 Å². The van der Waals surface area contributed by atoms with Gasteiger partial charge in [-0.3, -0.25) is 0 Å². The number of hydrogen-bond acceptors (Lipinski definition) is 4. The first kappa shape index (κ1) is 12.3. The predicted octanol–water partition coefficient (Wildman–Crippen LogP) is 0.997. The molecule has 3 nitrogen and oxygen atoms in total. The fraction of sp³-hybridized carbons (Fsp3) is 1.00. The van der Waals surface area contributed by atoms with Gasteiger partial charge in [0.05, 0.1) is 17.8 Å². The summed E-state index contributed by atoms with van der Waals surface area (Å²) in [5.41, 5.74) is 5.57. The van der Waals surface area contributed by atoms with E-state index >= 15 is 0 Å². The maximum Gasteiger partial charge on any atom is 0.0899 e. The van der Waals surface area contributed by atoms with Crippen LogP contribution in [0.5, 0.6) is 0 Å². The smallest absolute Gasteiger partial charge is 0.0899 e. The van der Waals surface area contributed by atoms with Crippen LogP contribution in [-0.2, 0) is 4.74 Å². The lowest BCUT2D eigenvalue weighted by molar-refractivity contribution is -0.112. The standard InChI is InChI=1S/C10H21NO2S/c1-8(12)9(2)13-10(6-11)4-3-5-14-7-10/h8-9,12H,3-7,11H2,1-2H3. The molecular weight excluding hydrogens is 198 g/mol. The maximum atomic E-state index is 9.39. The van der Waals surface area contributed by atoms with Gasteiger partial charge in [-0.1, -0.05) is 0 Å². The highest BCUT2D eigenvalue weighted by atomic mass is 32.2. The van der Waals surface area contributed by atoms with E-state index in [1.807, 2.05) is 18.7 Å². The van der Waals surface area contributed by atoms with E-state index < -0.39 is 6.10 Å². The molecule has 1 heterocycles. The second-order valence-electron chi connectivity index (χ2n) is 4.11. The van der Waals surface area contributed by atoms with Crippen LogP contribution in [0.3, 0.4) is 0 Å². The third-order valence-electron chi connectivity index (χ3n) is 2.77. The fourth-order valence-electron chi connectivity index (χ4n) is 1.62. The molecule has 0 aromatic heterocycles. The van der Waals surface area contributed by atoms with Crippen molar-refractivity contribution in [3.63, 3.8) is 0 Å². The molecule has 4 heteroatoms. The highest BCUT2D eigenvalue weighted by molar-refractivity contribution is 7.99. The van der Waals surface area contributed by atoms with Gasteiger partial charge < -0.3 is 15.6 Å². The third kappa shape index (κ3) is 3.12. The molecule has 1 fully saturated rings. The number of nitrogens with two attached hydrogens (primary N) is 1. The van der Waals surface area contributed by atoms with E-state index in [4.69, 9.17) is 10.5 Å². The molecule has 0 aliphatic carbocycles. The van der Waals surface area contributed by atoms with Crippen molar-refractivity contribution < 1.29 is 9.84 Å². The van der Waals surface area contributed by atoms with Crippen molar-refractivity contribution in [2.75, 3.05) is 18.1 Å². The molecule has 84 valence electrons. The van der Waals surface area contributed by atoms with Crippen LogP contribution >= 0.6 is 11.8 Å². The van der Waals surface area contributed by atoms with Gasteiger partial charge in [0.1, 0.15) is 0 Å². The largest absolute Gasteiger partial charge is 0.391 e. The Morgan fingerprint density at radius 3 is 2.71 bits per heavy atom. The molecule has 0 aromatic rings. The molecule has 0 amide bonds. The topological polar surface area (TPSA) is 55.5 Å². The summed E-state index contributed by atoms with van der Waals surface area (Å²) in [5.74, 6) is 2.16. The maximum absolute atomic E-state index is 9.39. The van der Waals surface area contributed by atoms with Gasteiger partial charge >= 0.3 is 0 Å². The summed E-state index contributed by atoms with van der Waals surface area (Å²) in [5, 5.41) is 9.39. The van der Waals surface area contributed by atoms with Crippen LogP contribution in [0.4, 0.5) is 0 Å². The summed E-state index contributed by atoms with van der Waals surface area (Å²) in [6.07, 6.45) is 1.63. The minimum Gasteiger partial charge on any atom is -0.391 e. The zero-order valence-electron chi connectivity index (χ0n) is 9.03. The zero-order chi connectivity index (χ0) is 10.6. The molecule has 1 saturated heterocycles. The Bertz CT molecular complexity index is 170. The number of aliphatic hydroxyl groups is 1. The van der Waals surface area contributed by atoms with Gasteiger partial charge in [-0.05, 0) is 32.4 Å². The van der Waals surface area contributed by atoms with Crippen molar-refractivity contribution >= 4 is 11.8 Å². The Hall–Kier alpha value is 0.230. The number of rotatable bonds is 4. The molecule has 0 saturated carbocycles. The zero-order valence-corrected chi connectivity index (χ0v) is 9.85. The Kier molecular flexibility index (Phi) is 4.70. The second-order valence-corrected chi connectivity index (χ2v) is 5.21. The van der Waals surface area contributed by atoms with E-state index in [2.05, 4.69) is 0 Å². The van der Waals surface area contributed by atoms with Crippen LogP contribution in [0, 0.1) is 0 Å². The monoisotopic (exact) mass is 219 g/mol. The Balaban J connectivity index is 2.51. The SMILES string of the molecule is CC(O)C(C)OC1(CN)CCCSC1.